The van der Waals surface area contributed by atoms with Crippen molar-refractivity contribution >= 4 is 0 Å². The lowest BCUT2D eigenvalue weighted by Crippen LogP contribution is -2.39. The van der Waals surface area contributed by atoms with E-state index in [0.29, 0.717) is 0 Å². The second-order valence-corrected chi connectivity index (χ2v) is 4.78. The van der Waals surface area contributed by atoms with Gasteiger partial charge in [0.15, 0.2) is 6.10 Å². The Labute approximate surface area is 113 Å². The van der Waals surface area contributed by atoms with Gasteiger partial charge in [0.05, 0.1) is 12.6 Å². The maximum Gasteiger partial charge on any atom is 0.415 e. The molecular weight excluding hydrogens is 259 g/mol. The Balaban J connectivity index is 3.90. The van der Waals surface area contributed by atoms with E-state index in [0.717, 1.165) is 44.9 Å². The van der Waals surface area contributed by atoms with E-state index < -0.39 is 18.8 Å². The van der Waals surface area contributed by atoms with Crippen LogP contribution in [0.2, 0.25) is 0 Å². The Morgan fingerprint density at radius 1 is 1.05 bits per heavy atom. The lowest BCUT2D eigenvalue weighted by Gasteiger charge is -2.20. The molecule has 0 amide bonds. The number of aliphatic hydroxyl groups is 1. The Hall–Kier alpha value is -0.330. The molecule has 2 atom stereocenters. The first-order valence-electron chi connectivity index (χ1n) is 7.05. The lowest BCUT2D eigenvalue weighted by molar-refractivity contribution is -0.210. The SMILES string of the molecule is CCCCCC(CCCC)ONC[C@@H](O)C(F)(F)F. The molecule has 19 heavy (non-hydrogen) atoms. The molecule has 0 saturated heterocycles. The average molecular weight is 285 g/mol. The van der Waals surface area contributed by atoms with Crippen LogP contribution in [0.1, 0.15) is 58.8 Å². The molecule has 0 aromatic rings. The van der Waals surface area contributed by atoms with Crippen molar-refractivity contribution in [2.24, 2.45) is 0 Å². The van der Waals surface area contributed by atoms with Crippen LogP contribution in [0.4, 0.5) is 13.2 Å². The lowest BCUT2D eigenvalue weighted by atomic mass is 10.1. The minimum absolute atomic E-state index is 0.0769. The van der Waals surface area contributed by atoms with Gasteiger partial charge in [-0.2, -0.15) is 18.7 Å². The summed E-state index contributed by atoms with van der Waals surface area (Å²) in [5.41, 5.74) is 2.26. The van der Waals surface area contributed by atoms with Crippen LogP contribution < -0.4 is 5.48 Å². The van der Waals surface area contributed by atoms with E-state index in [2.05, 4.69) is 19.3 Å². The zero-order valence-electron chi connectivity index (χ0n) is 11.8. The minimum Gasteiger partial charge on any atom is -0.382 e. The monoisotopic (exact) mass is 285 g/mol. The minimum atomic E-state index is -4.60. The highest BCUT2D eigenvalue weighted by Gasteiger charge is 2.37. The van der Waals surface area contributed by atoms with Crippen molar-refractivity contribution in [3.8, 4) is 0 Å². The topological polar surface area (TPSA) is 41.5 Å². The first-order valence-corrected chi connectivity index (χ1v) is 7.05. The van der Waals surface area contributed by atoms with Gasteiger partial charge in [0.25, 0.3) is 0 Å². The maximum atomic E-state index is 12.1. The molecule has 0 rings (SSSR count). The van der Waals surface area contributed by atoms with E-state index in [9.17, 15) is 13.2 Å². The van der Waals surface area contributed by atoms with Crippen molar-refractivity contribution < 1.29 is 23.1 Å². The average Bonchev–Trinajstić information content (AvgIpc) is 2.34. The largest absolute Gasteiger partial charge is 0.415 e. The number of hydroxylamine groups is 1. The third kappa shape index (κ3) is 10.2. The van der Waals surface area contributed by atoms with Crippen molar-refractivity contribution in [3.05, 3.63) is 0 Å². The molecule has 2 N–H and O–H groups in total. The van der Waals surface area contributed by atoms with Crippen LogP contribution in [-0.4, -0.2) is 30.0 Å². The van der Waals surface area contributed by atoms with Crippen LogP contribution in [0.5, 0.6) is 0 Å². The number of nitrogens with one attached hydrogen (secondary N) is 1. The van der Waals surface area contributed by atoms with Crippen LogP contribution >= 0.6 is 0 Å². The van der Waals surface area contributed by atoms with Crippen LogP contribution in [-0.2, 0) is 4.84 Å². The van der Waals surface area contributed by atoms with Crippen molar-refractivity contribution in [2.45, 2.75) is 77.2 Å². The van der Waals surface area contributed by atoms with Gasteiger partial charge in [0.2, 0.25) is 0 Å². The summed E-state index contributed by atoms with van der Waals surface area (Å²) < 4.78 is 36.2. The predicted octanol–water partition coefficient (Wildman–Crippen LogP) is 3.57. The third-order valence-corrected chi connectivity index (χ3v) is 2.91. The summed E-state index contributed by atoms with van der Waals surface area (Å²) in [6.45, 7) is 3.53. The molecule has 0 aliphatic rings. The van der Waals surface area contributed by atoms with Gasteiger partial charge in [0.1, 0.15) is 0 Å². The molecule has 0 aromatic heterocycles. The quantitative estimate of drug-likeness (QED) is 0.450. The van der Waals surface area contributed by atoms with Gasteiger partial charge in [-0.25, -0.2) is 0 Å². The van der Waals surface area contributed by atoms with Gasteiger partial charge in [-0.3, -0.25) is 4.84 Å². The standard InChI is InChI=1S/C13H26F3NO2/c1-3-5-7-9-11(8-6-4-2)19-17-10-12(18)13(14,15)16/h11-12,17-18H,3-10H2,1-2H3/t11?,12-/m1/s1. The predicted molar refractivity (Wildman–Crippen MR) is 68.6 cm³/mol. The smallest absolute Gasteiger partial charge is 0.382 e. The van der Waals surface area contributed by atoms with E-state index in [-0.39, 0.29) is 6.10 Å². The molecule has 0 spiro atoms. The molecule has 3 nitrogen and oxygen atoms in total. The number of halogens is 3. The molecule has 0 radical (unpaired) electrons. The molecule has 1 unspecified atom stereocenters. The van der Waals surface area contributed by atoms with Gasteiger partial charge in [-0.15, -0.1) is 0 Å². The second kappa shape index (κ2) is 10.5. The summed E-state index contributed by atoms with van der Waals surface area (Å²) >= 11 is 0. The normalized spacial score (nSPS) is 15.5. The second-order valence-electron chi connectivity index (χ2n) is 4.78. The molecule has 0 saturated carbocycles. The summed E-state index contributed by atoms with van der Waals surface area (Å²) in [4.78, 5) is 5.25. The van der Waals surface area contributed by atoms with Crippen molar-refractivity contribution in [1.29, 1.82) is 0 Å². The molecule has 0 heterocycles. The van der Waals surface area contributed by atoms with Crippen LogP contribution in [0.3, 0.4) is 0 Å². The number of hydrogen-bond donors (Lipinski definition) is 2. The molecule has 116 valence electrons. The van der Waals surface area contributed by atoms with Gasteiger partial charge in [-0.1, -0.05) is 46.0 Å². The summed E-state index contributed by atoms with van der Waals surface area (Å²) in [6, 6.07) is 0. The molecule has 0 bridgehead atoms. The number of aliphatic hydroxyl groups excluding tert-OH is 1. The summed E-state index contributed by atoms with van der Waals surface area (Å²) in [5, 5.41) is 8.82. The summed E-state index contributed by atoms with van der Waals surface area (Å²) in [7, 11) is 0. The fraction of sp³-hybridized carbons (Fsp3) is 1.00. The van der Waals surface area contributed by atoms with E-state index in [1.165, 1.54) is 0 Å². The van der Waals surface area contributed by atoms with E-state index in [4.69, 9.17) is 9.94 Å². The van der Waals surface area contributed by atoms with Crippen LogP contribution in [0.25, 0.3) is 0 Å². The Kier molecular flexibility index (Phi) is 10.3. The Bertz CT molecular complexity index is 213. The molecule has 6 heteroatoms. The van der Waals surface area contributed by atoms with Crippen molar-refractivity contribution in [1.82, 2.24) is 5.48 Å². The van der Waals surface area contributed by atoms with E-state index in [1.807, 2.05) is 0 Å². The van der Waals surface area contributed by atoms with Crippen molar-refractivity contribution in [3.63, 3.8) is 0 Å². The Morgan fingerprint density at radius 2 is 1.63 bits per heavy atom. The molecule has 0 aromatic carbocycles. The third-order valence-electron chi connectivity index (χ3n) is 2.91. The van der Waals surface area contributed by atoms with Gasteiger partial charge in [0, 0.05) is 0 Å². The molecule has 0 aliphatic heterocycles. The number of rotatable bonds is 11. The number of unbranched alkanes of at least 4 members (excludes halogenated alkanes) is 3. The summed E-state index contributed by atoms with van der Waals surface area (Å²) in [6.07, 6.45) is -0.178. The van der Waals surface area contributed by atoms with Gasteiger partial charge < -0.3 is 5.11 Å². The first kappa shape index (κ1) is 18.7. The number of alkyl halides is 3. The van der Waals surface area contributed by atoms with Crippen molar-refractivity contribution in [2.75, 3.05) is 6.54 Å². The Morgan fingerprint density at radius 3 is 2.16 bits per heavy atom. The maximum absolute atomic E-state index is 12.1. The highest BCUT2D eigenvalue weighted by molar-refractivity contribution is 4.66. The molecule has 0 aliphatic carbocycles. The fourth-order valence-corrected chi connectivity index (χ4v) is 1.68. The highest BCUT2D eigenvalue weighted by Crippen LogP contribution is 2.19. The zero-order chi connectivity index (χ0) is 14.7. The zero-order valence-corrected chi connectivity index (χ0v) is 11.8. The van der Waals surface area contributed by atoms with Gasteiger partial charge >= 0.3 is 6.18 Å². The van der Waals surface area contributed by atoms with Gasteiger partial charge in [-0.05, 0) is 12.8 Å². The fourth-order valence-electron chi connectivity index (χ4n) is 1.68. The molecular formula is C13H26F3NO2. The van der Waals surface area contributed by atoms with E-state index in [1.54, 1.807) is 0 Å². The highest BCUT2D eigenvalue weighted by atomic mass is 19.4. The number of hydrogen-bond acceptors (Lipinski definition) is 3. The first-order chi connectivity index (χ1) is 8.91. The van der Waals surface area contributed by atoms with Crippen LogP contribution in [0.15, 0.2) is 0 Å². The molecule has 0 fully saturated rings. The van der Waals surface area contributed by atoms with Crippen LogP contribution in [0, 0.1) is 0 Å². The summed E-state index contributed by atoms with van der Waals surface area (Å²) in [5.74, 6) is 0. The van der Waals surface area contributed by atoms with E-state index >= 15 is 0 Å².